The van der Waals surface area contributed by atoms with Gasteiger partial charge in [0, 0.05) is 17.8 Å². The molecule has 0 bridgehead atoms. The number of hydrogen-bond donors (Lipinski definition) is 0. The van der Waals surface area contributed by atoms with E-state index in [0.717, 1.165) is 19.3 Å². The van der Waals surface area contributed by atoms with Gasteiger partial charge in [-0.15, -0.1) is 0 Å². The van der Waals surface area contributed by atoms with Gasteiger partial charge in [-0.1, -0.05) is 31.6 Å². The van der Waals surface area contributed by atoms with E-state index in [0.29, 0.717) is 47.2 Å². The molecule has 0 aromatic rings. The highest BCUT2D eigenvalue weighted by Gasteiger charge is 2.73. The van der Waals surface area contributed by atoms with E-state index >= 15 is 0 Å². The van der Waals surface area contributed by atoms with E-state index in [1.807, 2.05) is 0 Å². The monoisotopic (exact) mass is 378 g/mol. The molecule has 4 saturated carbocycles. The van der Waals surface area contributed by atoms with Crippen LogP contribution in [-0.4, -0.2) is 17.4 Å². The van der Waals surface area contributed by atoms with Crippen LogP contribution in [0.2, 0.25) is 0 Å². The van der Waals surface area contributed by atoms with Crippen molar-refractivity contribution in [2.45, 2.75) is 70.8 Å². The van der Waals surface area contributed by atoms with E-state index in [2.05, 4.69) is 32.1 Å². The Morgan fingerprint density at radius 2 is 1.89 bits per heavy atom. The highest BCUT2D eigenvalue weighted by Crippen LogP contribution is 2.78. The van der Waals surface area contributed by atoms with Gasteiger partial charge in [0.1, 0.15) is 5.60 Å². The fraction of sp³-hybridized carbons (Fsp3) is 0.760. The SMILES string of the molecule is CC12C(=CC(=O)C3CC31)C1(CC1)CC1C2C=CC2(C)C1CCC21CCC(=O)O1. The average Bonchev–Trinajstić information content (AvgIpc) is 3.55. The third-order valence-electron chi connectivity index (χ3n) is 10.8. The number of fused-ring (bicyclic) bond motifs is 9. The van der Waals surface area contributed by atoms with Gasteiger partial charge in [-0.3, -0.25) is 9.59 Å². The maximum Gasteiger partial charge on any atom is 0.306 e. The lowest BCUT2D eigenvalue weighted by Crippen LogP contribution is -2.55. The number of esters is 1. The number of allylic oxidation sites excluding steroid dienone is 3. The van der Waals surface area contributed by atoms with Crippen molar-refractivity contribution in [2.75, 3.05) is 0 Å². The minimum absolute atomic E-state index is 0.00324. The van der Waals surface area contributed by atoms with Gasteiger partial charge in [-0.25, -0.2) is 0 Å². The Hall–Kier alpha value is -1.38. The van der Waals surface area contributed by atoms with Gasteiger partial charge in [-0.2, -0.15) is 0 Å². The third kappa shape index (κ3) is 1.60. The van der Waals surface area contributed by atoms with Crippen LogP contribution in [0.25, 0.3) is 0 Å². The summed E-state index contributed by atoms with van der Waals surface area (Å²) >= 11 is 0. The van der Waals surface area contributed by atoms with Gasteiger partial charge < -0.3 is 4.74 Å². The van der Waals surface area contributed by atoms with Gasteiger partial charge in [0.05, 0.1) is 0 Å². The van der Waals surface area contributed by atoms with Crippen LogP contribution in [0.1, 0.15) is 65.2 Å². The second-order valence-electron chi connectivity index (χ2n) is 11.6. The predicted octanol–water partition coefficient (Wildman–Crippen LogP) is 4.62. The summed E-state index contributed by atoms with van der Waals surface area (Å²) in [4.78, 5) is 24.6. The van der Waals surface area contributed by atoms with Gasteiger partial charge in [0.25, 0.3) is 0 Å². The first kappa shape index (κ1) is 16.4. The normalized spacial score (nSPS) is 56.6. The summed E-state index contributed by atoms with van der Waals surface area (Å²) in [7, 11) is 0. The predicted molar refractivity (Wildman–Crippen MR) is 104 cm³/mol. The smallest absolute Gasteiger partial charge is 0.306 e. The number of ketones is 1. The third-order valence-corrected chi connectivity index (χ3v) is 10.8. The molecule has 0 radical (unpaired) electrons. The van der Waals surface area contributed by atoms with Gasteiger partial charge in [-0.05, 0) is 85.5 Å². The van der Waals surface area contributed by atoms with Crippen molar-refractivity contribution in [3.8, 4) is 0 Å². The molecule has 1 heterocycles. The molecule has 2 spiro atoms. The molecule has 5 fully saturated rings. The Bertz CT molecular complexity index is 893. The molecule has 0 aromatic carbocycles. The van der Waals surface area contributed by atoms with E-state index < -0.39 is 0 Å². The second kappa shape index (κ2) is 4.52. The van der Waals surface area contributed by atoms with Crippen molar-refractivity contribution >= 4 is 11.8 Å². The standard InChI is InChI=1S/C25H30O3/c1-22-6-3-17-15(16(22)4-7-25(22)8-5-21(27)28-25)13-24(9-10-24)20-12-19(26)14-11-18(14)23(17,20)2/h3,6,12,14-18H,4-5,7-11,13H2,1-2H3. The Labute approximate surface area is 167 Å². The Balaban J connectivity index is 1.37. The van der Waals surface area contributed by atoms with E-state index in [1.165, 1.54) is 31.3 Å². The van der Waals surface area contributed by atoms with Crippen molar-refractivity contribution in [3.05, 3.63) is 23.8 Å². The van der Waals surface area contributed by atoms with Crippen LogP contribution in [0, 0.1) is 45.8 Å². The lowest BCUT2D eigenvalue weighted by atomic mass is 9.45. The quantitative estimate of drug-likeness (QED) is 0.456. The van der Waals surface area contributed by atoms with E-state index in [1.54, 1.807) is 0 Å². The zero-order valence-electron chi connectivity index (χ0n) is 17.0. The maximum absolute atomic E-state index is 12.6. The number of carbonyl (C=O) groups excluding carboxylic acids is 2. The lowest BCUT2D eigenvalue weighted by molar-refractivity contribution is -0.157. The Morgan fingerprint density at radius 1 is 1.07 bits per heavy atom. The molecule has 8 atom stereocenters. The number of rotatable bonds is 0. The van der Waals surface area contributed by atoms with Gasteiger partial charge >= 0.3 is 5.97 Å². The fourth-order valence-electron chi connectivity index (χ4n) is 9.13. The zero-order chi connectivity index (χ0) is 19.1. The first-order chi connectivity index (χ1) is 13.3. The molecule has 8 unspecified atom stereocenters. The summed E-state index contributed by atoms with van der Waals surface area (Å²) in [6, 6.07) is 0. The number of ether oxygens (including phenoxy) is 1. The largest absolute Gasteiger partial charge is 0.458 e. The van der Waals surface area contributed by atoms with Gasteiger partial charge in [0.2, 0.25) is 0 Å². The minimum atomic E-state index is -0.255. The summed E-state index contributed by atoms with van der Waals surface area (Å²) in [5, 5.41) is 0. The molecular formula is C25H30O3. The molecule has 3 nitrogen and oxygen atoms in total. The van der Waals surface area contributed by atoms with Gasteiger partial charge in [0.15, 0.2) is 5.78 Å². The summed E-state index contributed by atoms with van der Waals surface area (Å²) in [6.45, 7) is 4.88. The van der Waals surface area contributed by atoms with Crippen molar-refractivity contribution in [1.82, 2.24) is 0 Å². The van der Waals surface area contributed by atoms with Crippen LogP contribution in [0.15, 0.2) is 23.8 Å². The van der Waals surface area contributed by atoms with Crippen LogP contribution in [0.5, 0.6) is 0 Å². The molecule has 0 aromatic heterocycles. The zero-order valence-corrected chi connectivity index (χ0v) is 17.0. The van der Waals surface area contributed by atoms with Crippen LogP contribution in [0.3, 0.4) is 0 Å². The Morgan fingerprint density at radius 3 is 2.61 bits per heavy atom. The molecule has 3 heteroatoms. The molecule has 7 rings (SSSR count). The van der Waals surface area contributed by atoms with Crippen molar-refractivity contribution < 1.29 is 14.3 Å². The van der Waals surface area contributed by atoms with Crippen molar-refractivity contribution in [2.24, 2.45) is 45.8 Å². The van der Waals surface area contributed by atoms with E-state index in [9.17, 15) is 9.59 Å². The number of hydrogen-bond acceptors (Lipinski definition) is 3. The van der Waals surface area contributed by atoms with Crippen molar-refractivity contribution in [1.29, 1.82) is 0 Å². The molecule has 1 saturated heterocycles. The molecule has 28 heavy (non-hydrogen) atoms. The first-order valence-electron chi connectivity index (χ1n) is 11.5. The van der Waals surface area contributed by atoms with Crippen LogP contribution >= 0.6 is 0 Å². The first-order valence-corrected chi connectivity index (χ1v) is 11.5. The van der Waals surface area contributed by atoms with Crippen LogP contribution in [-0.2, 0) is 14.3 Å². The molecule has 1 aliphatic heterocycles. The summed E-state index contributed by atoms with van der Waals surface area (Å²) < 4.78 is 6.06. The minimum Gasteiger partial charge on any atom is -0.458 e. The van der Waals surface area contributed by atoms with Crippen LogP contribution in [0.4, 0.5) is 0 Å². The summed E-state index contributed by atoms with van der Waals surface area (Å²) in [6.07, 6.45) is 15.7. The molecule has 7 aliphatic rings. The van der Waals surface area contributed by atoms with E-state index in [-0.39, 0.29) is 22.4 Å². The number of carbonyl (C=O) groups is 2. The summed E-state index contributed by atoms with van der Waals surface area (Å²) in [5.41, 5.74) is 1.75. The molecule has 148 valence electrons. The lowest BCUT2D eigenvalue weighted by Gasteiger charge is -2.58. The molecule has 0 amide bonds. The topological polar surface area (TPSA) is 43.4 Å². The van der Waals surface area contributed by atoms with E-state index in [4.69, 9.17) is 4.74 Å². The summed E-state index contributed by atoms with van der Waals surface area (Å²) in [5.74, 6) is 3.13. The maximum atomic E-state index is 12.6. The molecular weight excluding hydrogens is 348 g/mol. The highest BCUT2D eigenvalue weighted by molar-refractivity contribution is 5.96. The van der Waals surface area contributed by atoms with Crippen LogP contribution < -0.4 is 0 Å². The van der Waals surface area contributed by atoms with Crippen molar-refractivity contribution in [3.63, 3.8) is 0 Å². The molecule has 0 N–H and O–H groups in total. The highest BCUT2D eigenvalue weighted by atomic mass is 16.6. The Kier molecular flexibility index (Phi) is 2.65. The average molecular weight is 379 g/mol. The molecule has 6 aliphatic carbocycles. The fourth-order valence-corrected chi connectivity index (χ4v) is 9.13. The second-order valence-corrected chi connectivity index (χ2v) is 11.6.